The molecule has 2 saturated carbocycles. The van der Waals surface area contributed by atoms with Crippen LogP contribution in [0.1, 0.15) is 80.6 Å². The van der Waals surface area contributed by atoms with Crippen LogP contribution in [0.4, 0.5) is 0 Å². The summed E-state index contributed by atoms with van der Waals surface area (Å²) >= 11 is 0. The first-order chi connectivity index (χ1) is 13.6. The Kier molecular flexibility index (Phi) is 5.51. The lowest BCUT2D eigenvalue weighted by Crippen LogP contribution is -2.43. The highest BCUT2D eigenvalue weighted by Gasteiger charge is 2.39. The van der Waals surface area contributed by atoms with Crippen LogP contribution in [0, 0.1) is 5.92 Å². The molecule has 5 nitrogen and oxygen atoms in total. The molecule has 1 aromatic rings. The predicted molar refractivity (Wildman–Crippen MR) is 106 cm³/mol. The highest BCUT2D eigenvalue weighted by Crippen LogP contribution is 2.37. The van der Waals surface area contributed by atoms with Gasteiger partial charge in [-0.05, 0) is 62.1 Å². The summed E-state index contributed by atoms with van der Waals surface area (Å²) in [5, 5.41) is 0. The third kappa shape index (κ3) is 3.98. The Bertz CT molecular complexity index is 730. The van der Waals surface area contributed by atoms with Crippen molar-refractivity contribution in [3.8, 4) is 0 Å². The molecule has 28 heavy (non-hydrogen) atoms. The average Bonchev–Trinajstić information content (AvgIpc) is 3.51. The second-order valence-electron chi connectivity index (χ2n) is 8.60. The number of benzene rings is 1. The van der Waals surface area contributed by atoms with Crippen LogP contribution in [0.15, 0.2) is 24.3 Å². The van der Waals surface area contributed by atoms with Crippen LogP contribution in [0.3, 0.4) is 0 Å². The van der Waals surface area contributed by atoms with E-state index < -0.39 is 0 Å². The lowest BCUT2D eigenvalue weighted by Gasteiger charge is -2.37. The van der Waals surface area contributed by atoms with Gasteiger partial charge >= 0.3 is 0 Å². The molecule has 2 aliphatic carbocycles. The Morgan fingerprint density at radius 2 is 1.46 bits per heavy atom. The molecular weight excluding hydrogens is 352 g/mol. The van der Waals surface area contributed by atoms with Crippen LogP contribution in [0.2, 0.25) is 0 Å². The number of hydrogen-bond donors (Lipinski definition) is 0. The van der Waals surface area contributed by atoms with Gasteiger partial charge in [-0.25, -0.2) is 0 Å². The summed E-state index contributed by atoms with van der Waals surface area (Å²) in [6.07, 6.45) is 8.82. The number of amides is 3. The van der Waals surface area contributed by atoms with Crippen molar-refractivity contribution in [3.05, 3.63) is 35.4 Å². The summed E-state index contributed by atoms with van der Waals surface area (Å²) in [6, 6.07) is 8.26. The van der Waals surface area contributed by atoms with Gasteiger partial charge in [0.05, 0.1) is 6.54 Å². The maximum absolute atomic E-state index is 13.2. The van der Waals surface area contributed by atoms with E-state index in [-0.39, 0.29) is 17.7 Å². The number of likely N-dealkylation sites (tertiary alicyclic amines) is 1. The van der Waals surface area contributed by atoms with Crippen molar-refractivity contribution < 1.29 is 14.4 Å². The molecule has 1 saturated heterocycles. The molecule has 0 N–H and O–H groups in total. The Labute approximate surface area is 167 Å². The molecule has 3 fully saturated rings. The van der Waals surface area contributed by atoms with E-state index in [1.54, 1.807) is 0 Å². The molecule has 0 spiro atoms. The fourth-order valence-corrected chi connectivity index (χ4v) is 4.70. The van der Waals surface area contributed by atoms with Crippen LogP contribution in [0.25, 0.3) is 0 Å². The average molecular weight is 383 g/mol. The molecule has 4 rings (SSSR count). The Morgan fingerprint density at radius 3 is 1.96 bits per heavy atom. The van der Waals surface area contributed by atoms with Gasteiger partial charge in [-0.15, -0.1) is 0 Å². The van der Waals surface area contributed by atoms with Gasteiger partial charge in [0.15, 0.2) is 0 Å². The van der Waals surface area contributed by atoms with Gasteiger partial charge in [-0.2, -0.15) is 0 Å². The van der Waals surface area contributed by atoms with Crippen molar-refractivity contribution in [1.82, 2.24) is 9.80 Å². The smallest absolute Gasteiger partial charge is 0.254 e. The molecule has 1 aliphatic heterocycles. The zero-order valence-electron chi connectivity index (χ0n) is 16.7. The summed E-state index contributed by atoms with van der Waals surface area (Å²) < 4.78 is 0. The standard InChI is InChI=1S/C23H30N2O3/c1-2-16-5-9-19(10-6-16)25(20-11-12-20)23(28)18-7-3-17(4-8-18)15-24-21(26)13-14-22(24)27/h3-4,7-8,16,19-20H,2,5-6,9-15H2,1H3. The van der Waals surface area contributed by atoms with E-state index in [0.717, 1.165) is 37.2 Å². The Morgan fingerprint density at radius 1 is 0.929 bits per heavy atom. The number of rotatable bonds is 6. The van der Waals surface area contributed by atoms with E-state index in [1.807, 2.05) is 24.3 Å². The second-order valence-corrected chi connectivity index (χ2v) is 8.60. The maximum atomic E-state index is 13.2. The minimum Gasteiger partial charge on any atom is -0.333 e. The van der Waals surface area contributed by atoms with Crippen molar-refractivity contribution >= 4 is 17.7 Å². The minimum absolute atomic E-state index is 0.104. The molecule has 1 aromatic carbocycles. The number of carbonyl (C=O) groups is 3. The fourth-order valence-electron chi connectivity index (χ4n) is 4.70. The SMILES string of the molecule is CCC1CCC(N(C(=O)c2ccc(CN3C(=O)CCC3=O)cc2)C2CC2)CC1. The lowest BCUT2D eigenvalue weighted by molar-refractivity contribution is -0.139. The van der Waals surface area contributed by atoms with Crippen molar-refractivity contribution in [2.45, 2.75) is 83.3 Å². The van der Waals surface area contributed by atoms with Gasteiger partial charge in [0, 0.05) is 30.5 Å². The van der Waals surface area contributed by atoms with Gasteiger partial charge < -0.3 is 4.90 Å². The number of nitrogens with zero attached hydrogens (tertiary/aromatic N) is 2. The normalized spacial score (nSPS) is 25.2. The van der Waals surface area contributed by atoms with Crippen molar-refractivity contribution in [2.24, 2.45) is 5.92 Å². The molecular formula is C23H30N2O3. The van der Waals surface area contributed by atoms with E-state index in [0.29, 0.717) is 37.0 Å². The minimum atomic E-state index is -0.104. The number of hydrogen-bond acceptors (Lipinski definition) is 3. The van der Waals surface area contributed by atoms with Crippen LogP contribution in [-0.4, -0.2) is 39.6 Å². The number of imide groups is 1. The van der Waals surface area contributed by atoms with Crippen LogP contribution in [0.5, 0.6) is 0 Å². The van der Waals surface area contributed by atoms with E-state index in [9.17, 15) is 14.4 Å². The van der Waals surface area contributed by atoms with Crippen LogP contribution < -0.4 is 0 Å². The highest BCUT2D eigenvalue weighted by atomic mass is 16.2. The summed E-state index contributed by atoms with van der Waals surface area (Å²) in [7, 11) is 0. The molecule has 3 aliphatic rings. The first-order valence-electron chi connectivity index (χ1n) is 10.8. The predicted octanol–water partition coefficient (Wildman–Crippen LogP) is 3.91. The monoisotopic (exact) mass is 382 g/mol. The molecule has 0 aromatic heterocycles. The van der Waals surface area contributed by atoms with Gasteiger partial charge in [-0.1, -0.05) is 25.5 Å². The molecule has 0 unspecified atom stereocenters. The topological polar surface area (TPSA) is 57.7 Å². The third-order valence-corrected chi connectivity index (χ3v) is 6.66. The highest BCUT2D eigenvalue weighted by molar-refractivity contribution is 6.01. The first-order valence-corrected chi connectivity index (χ1v) is 10.8. The third-order valence-electron chi connectivity index (χ3n) is 6.66. The van der Waals surface area contributed by atoms with Crippen molar-refractivity contribution in [1.29, 1.82) is 0 Å². The van der Waals surface area contributed by atoms with Crippen LogP contribution >= 0.6 is 0 Å². The van der Waals surface area contributed by atoms with Gasteiger partial charge in [0.2, 0.25) is 11.8 Å². The van der Waals surface area contributed by atoms with Crippen molar-refractivity contribution in [3.63, 3.8) is 0 Å². The Hall–Kier alpha value is -2.17. The second kappa shape index (κ2) is 8.06. The summed E-state index contributed by atoms with van der Waals surface area (Å²) in [5.74, 6) is 0.755. The lowest BCUT2D eigenvalue weighted by atomic mass is 9.83. The van der Waals surface area contributed by atoms with E-state index >= 15 is 0 Å². The van der Waals surface area contributed by atoms with Gasteiger partial charge in [-0.3, -0.25) is 19.3 Å². The van der Waals surface area contributed by atoms with E-state index in [1.165, 1.54) is 24.2 Å². The fraction of sp³-hybridized carbons (Fsp3) is 0.609. The van der Waals surface area contributed by atoms with E-state index in [2.05, 4.69) is 11.8 Å². The number of carbonyl (C=O) groups excluding carboxylic acids is 3. The summed E-state index contributed by atoms with van der Waals surface area (Å²) in [6.45, 7) is 2.57. The van der Waals surface area contributed by atoms with Crippen LogP contribution in [-0.2, 0) is 16.1 Å². The maximum Gasteiger partial charge on any atom is 0.254 e. The largest absolute Gasteiger partial charge is 0.333 e. The molecule has 0 bridgehead atoms. The summed E-state index contributed by atoms with van der Waals surface area (Å²) in [5.41, 5.74) is 1.61. The zero-order chi connectivity index (χ0) is 19.7. The van der Waals surface area contributed by atoms with Crippen molar-refractivity contribution in [2.75, 3.05) is 0 Å². The van der Waals surface area contributed by atoms with Gasteiger partial charge in [0.25, 0.3) is 5.91 Å². The molecule has 0 atom stereocenters. The molecule has 3 amide bonds. The molecule has 5 heteroatoms. The molecule has 0 radical (unpaired) electrons. The van der Waals surface area contributed by atoms with E-state index in [4.69, 9.17) is 0 Å². The summed E-state index contributed by atoms with van der Waals surface area (Å²) in [4.78, 5) is 40.3. The van der Waals surface area contributed by atoms with Gasteiger partial charge in [0.1, 0.15) is 0 Å². The quantitative estimate of drug-likeness (QED) is 0.701. The molecule has 150 valence electrons. The Balaban J connectivity index is 1.43. The molecule has 1 heterocycles. The first kappa shape index (κ1) is 19.2. The zero-order valence-corrected chi connectivity index (χ0v) is 16.7.